The molecule has 0 aliphatic carbocycles. The van der Waals surface area contributed by atoms with E-state index in [9.17, 15) is 4.79 Å². The molecule has 0 heterocycles. The Kier molecular flexibility index (Phi) is 4.14. The zero-order valence-corrected chi connectivity index (χ0v) is 7.96. The number of benzene rings is 1. The largest absolute Gasteiger partial charge is 0.569 e. The lowest BCUT2D eigenvalue weighted by atomic mass is 10.0. The topological polar surface area (TPSA) is 92.8 Å². The lowest BCUT2D eigenvalue weighted by molar-refractivity contribution is -0.137. The molecular formula is C9H11BNO4. The number of carbonyl (C=O) groups is 1. The molecule has 1 aromatic carbocycles. The van der Waals surface area contributed by atoms with Crippen molar-refractivity contribution in [3.8, 4) is 5.75 Å². The van der Waals surface area contributed by atoms with Gasteiger partial charge in [-0.05, 0) is 17.7 Å². The van der Waals surface area contributed by atoms with Gasteiger partial charge in [-0.1, -0.05) is 12.1 Å². The SMILES string of the molecule is NC(CC(=O)O)c1ccc(O[B]O)cc1. The van der Waals surface area contributed by atoms with Crippen LogP contribution in [0.5, 0.6) is 5.75 Å². The van der Waals surface area contributed by atoms with Crippen LogP contribution >= 0.6 is 0 Å². The van der Waals surface area contributed by atoms with Crippen LogP contribution in [0.3, 0.4) is 0 Å². The summed E-state index contributed by atoms with van der Waals surface area (Å²) in [5.74, 6) is -0.477. The van der Waals surface area contributed by atoms with E-state index in [0.717, 1.165) is 0 Å². The van der Waals surface area contributed by atoms with Crippen molar-refractivity contribution in [2.45, 2.75) is 12.5 Å². The molecule has 0 spiro atoms. The van der Waals surface area contributed by atoms with Gasteiger partial charge in [-0.2, -0.15) is 0 Å². The first-order valence-electron chi connectivity index (χ1n) is 4.33. The highest BCUT2D eigenvalue weighted by molar-refractivity contribution is 6.17. The highest BCUT2D eigenvalue weighted by Crippen LogP contribution is 2.18. The molecule has 0 bridgehead atoms. The maximum atomic E-state index is 10.4. The Morgan fingerprint density at radius 2 is 2.07 bits per heavy atom. The average Bonchev–Trinajstić information content (AvgIpc) is 2.18. The molecular weight excluding hydrogens is 197 g/mol. The van der Waals surface area contributed by atoms with E-state index in [1.165, 1.54) is 0 Å². The minimum absolute atomic E-state index is 0.119. The third-order valence-corrected chi connectivity index (χ3v) is 1.89. The fourth-order valence-corrected chi connectivity index (χ4v) is 1.16. The van der Waals surface area contributed by atoms with Gasteiger partial charge in [0, 0.05) is 6.04 Å². The van der Waals surface area contributed by atoms with Crippen molar-refractivity contribution in [1.82, 2.24) is 0 Å². The van der Waals surface area contributed by atoms with E-state index < -0.39 is 12.0 Å². The van der Waals surface area contributed by atoms with E-state index >= 15 is 0 Å². The molecule has 6 heteroatoms. The molecule has 1 unspecified atom stereocenters. The van der Waals surface area contributed by atoms with E-state index in [-0.39, 0.29) is 6.42 Å². The molecule has 15 heavy (non-hydrogen) atoms. The van der Waals surface area contributed by atoms with Gasteiger partial charge in [0.15, 0.2) is 0 Å². The molecule has 4 N–H and O–H groups in total. The van der Waals surface area contributed by atoms with Gasteiger partial charge >= 0.3 is 13.7 Å². The summed E-state index contributed by atoms with van der Waals surface area (Å²) >= 11 is 0. The fraction of sp³-hybridized carbons (Fsp3) is 0.222. The lowest BCUT2D eigenvalue weighted by Crippen LogP contribution is -2.14. The van der Waals surface area contributed by atoms with Crippen molar-refractivity contribution in [1.29, 1.82) is 0 Å². The van der Waals surface area contributed by atoms with Gasteiger partial charge in [-0.3, -0.25) is 4.79 Å². The van der Waals surface area contributed by atoms with Gasteiger partial charge in [0.1, 0.15) is 0 Å². The molecule has 79 valence electrons. The zero-order chi connectivity index (χ0) is 11.3. The quantitative estimate of drug-likeness (QED) is 0.595. The minimum atomic E-state index is -0.938. The summed E-state index contributed by atoms with van der Waals surface area (Å²) in [6, 6.07) is 5.99. The van der Waals surface area contributed by atoms with Gasteiger partial charge in [0.05, 0.1) is 12.2 Å². The van der Waals surface area contributed by atoms with Crippen molar-refractivity contribution < 1.29 is 19.6 Å². The fourth-order valence-electron chi connectivity index (χ4n) is 1.16. The number of hydrogen-bond acceptors (Lipinski definition) is 4. The zero-order valence-electron chi connectivity index (χ0n) is 7.96. The molecule has 5 nitrogen and oxygen atoms in total. The summed E-state index contributed by atoms with van der Waals surface area (Å²) in [6.07, 6.45) is -0.119. The number of hydrogen-bond donors (Lipinski definition) is 3. The van der Waals surface area contributed by atoms with Crippen LogP contribution < -0.4 is 10.4 Å². The van der Waals surface area contributed by atoms with Crippen LogP contribution in [0.1, 0.15) is 18.0 Å². The number of rotatable bonds is 5. The Morgan fingerprint density at radius 3 is 2.53 bits per heavy atom. The van der Waals surface area contributed by atoms with Crippen LogP contribution in [0.2, 0.25) is 0 Å². The minimum Gasteiger partial charge on any atom is -0.537 e. The summed E-state index contributed by atoms with van der Waals surface area (Å²) < 4.78 is 4.70. The Balaban J connectivity index is 2.66. The van der Waals surface area contributed by atoms with Gasteiger partial charge in [-0.15, -0.1) is 0 Å². The standard InChI is InChI=1S/C9H11BNO4/c11-8(5-9(12)13)6-1-3-7(4-2-6)15-10-14/h1-4,8,14H,5,11H2,(H,12,13). The van der Waals surface area contributed by atoms with E-state index in [1.807, 2.05) is 0 Å². The van der Waals surface area contributed by atoms with E-state index in [2.05, 4.69) is 0 Å². The Hall–Kier alpha value is -1.53. The average molecular weight is 208 g/mol. The first-order chi connectivity index (χ1) is 7.13. The second-order valence-electron chi connectivity index (χ2n) is 3.00. The molecule has 0 aliphatic heterocycles. The smallest absolute Gasteiger partial charge is 0.537 e. The van der Waals surface area contributed by atoms with Gasteiger partial charge in [0.2, 0.25) is 0 Å². The van der Waals surface area contributed by atoms with Crippen molar-refractivity contribution in [2.75, 3.05) is 0 Å². The normalized spacial score (nSPS) is 11.9. The maximum Gasteiger partial charge on any atom is 0.569 e. The summed E-state index contributed by atoms with van der Waals surface area (Å²) in [7, 11) is 0.576. The molecule has 1 radical (unpaired) electrons. The Bertz CT molecular complexity index is 327. The Morgan fingerprint density at radius 1 is 1.47 bits per heavy atom. The van der Waals surface area contributed by atoms with Gasteiger partial charge in [0.25, 0.3) is 0 Å². The number of aliphatic carboxylic acids is 1. The third kappa shape index (κ3) is 3.61. The van der Waals surface area contributed by atoms with Crippen LogP contribution in [0.25, 0.3) is 0 Å². The van der Waals surface area contributed by atoms with Crippen molar-refractivity contribution in [3.05, 3.63) is 29.8 Å². The second kappa shape index (κ2) is 5.38. The van der Waals surface area contributed by atoms with E-state index in [4.69, 9.17) is 20.5 Å². The second-order valence-corrected chi connectivity index (χ2v) is 3.00. The Labute approximate surface area is 87.8 Å². The number of nitrogens with two attached hydrogens (primary N) is 1. The molecule has 0 aliphatic rings. The summed E-state index contributed by atoms with van der Waals surface area (Å²) in [4.78, 5) is 10.4. The number of carboxylic acid groups (broad SMARTS) is 1. The van der Waals surface area contributed by atoms with Crippen molar-refractivity contribution in [2.24, 2.45) is 5.73 Å². The molecule has 1 atom stereocenters. The van der Waals surface area contributed by atoms with Crippen molar-refractivity contribution >= 4 is 13.7 Å². The van der Waals surface area contributed by atoms with E-state index in [1.54, 1.807) is 24.3 Å². The van der Waals surface area contributed by atoms with Crippen LogP contribution in [-0.2, 0) is 4.79 Å². The number of carboxylic acids is 1. The first kappa shape index (κ1) is 11.5. The van der Waals surface area contributed by atoms with Gasteiger partial charge < -0.3 is 20.5 Å². The van der Waals surface area contributed by atoms with Crippen LogP contribution in [0.15, 0.2) is 24.3 Å². The highest BCUT2D eigenvalue weighted by atomic mass is 16.5. The van der Waals surface area contributed by atoms with Gasteiger partial charge in [-0.25, -0.2) is 0 Å². The molecule has 0 aromatic heterocycles. The lowest BCUT2D eigenvalue weighted by Gasteiger charge is -2.09. The molecule has 0 saturated carbocycles. The third-order valence-electron chi connectivity index (χ3n) is 1.89. The summed E-state index contributed by atoms with van der Waals surface area (Å²) in [6.45, 7) is 0. The summed E-state index contributed by atoms with van der Waals surface area (Å²) in [5, 5.41) is 16.9. The van der Waals surface area contributed by atoms with Crippen LogP contribution in [0.4, 0.5) is 0 Å². The predicted octanol–water partition coefficient (Wildman–Crippen LogP) is 0.0664. The summed E-state index contributed by atoms with van der Waals surface area (Å²) in [5.41, 5.74) is 6.35. The van der Waals surface area contributed by atoms with E-state index in [0.29, 0.717) is 19.0 Å². The molecule has 1 aromatic rings. The van der Waals surface area contributed by atoms with Crippen molar-refractivity contribution in [3.63, 3.8) is 0 Å². The maximum absolute atomic E-state index is 10.4. The molecule has 0 amide bonds. The molecule has 0 fully saturated rings. The first-order valence-corrected chi connectivity index (χ1v) is 4.33. The van der Waals surface area contributed by atoms with Crippen LogP contribution in [0, 0.1) is 0 Å². The molecule has 0 saturated heterocycles. The van der Waals surface area contributed by atoms with Crippen LogP contribution in [-0.4, -0.2) is 23.8 Å². The molecule has 1 rings (SSSR count). The highest BCUT2D eigenvalue weighted by Gasteiger charge is 2.10. The monoisotopic (exact) mass is 208 g/mol. The predicted molar refractivity (Wildman–Crippen MR) is 54.2 cm³/mol.